The number of hydrazone groups is 1. The number of hydrogen-bond acceptors (Lipinski definition) is 4. The van der Waals surface area contributed by atoms with Crippen LogP contribution in [-0.2, 0) is 11.3 Å². The van der Waals surface area contributed by atoms with E-state index in [2.05, 4.69) is 20.8 Å². The zero-order valence-electron chi connectivity index (χ0n) is 16.0. The molecule has 148 valence electrons. The van der Waals surface area contributed by atoms with Crippen molar-refractivity contribution in [2.45, 2.75) is 6.54 Å². The Morgan fingerprint density at radius 2 is 1.70 bits per heavy atom. The van der Waals surface area contributed by atoms with Crippen molar-refractivity contribution >= 4 is 34.6 Å². The average molecular weight is 397 g/mol. The Hall–Kier alpha value is -4.26. The minimum absolute atomic E-state index is 0.128. The highest BCUT2D eigenvalue weighted by Crippen LogP contribution is 2.20. The third-order valence-electron chi connectivity index (χ3n) is 4.50. The van der Waals surface area contributed by atoms with Gasteiger partial charge >= 0.3 is 0 Å². The van der Waals surface area contributed by atoms with Crippen molar-refractivity contribution in [2.75, 3.05) is 5.32 Å². The van der Waals surface area contributed by atoms with Gasteiger partial charge in [-0.3, -0.25) is 14.6 Å². The molecule has 0 spiro atoms. The molecule has 2 heterocycles. The lowest BCUT2D eigenvalue weighted by Gasteiger charge is -2.07. The zero-order valence-corrected chi connectivity index (χ0v) is 16.0. The summed E-state index contributed by atoms with van der Waals surface area (Å²) in [4.78, 5) is 28.5. The summed E-state index contributed by atoms with van der Waals surface area (Å²) in [6.07, 6.45) is 6.52. The number of fused-ring (bicyclic) bond motifs is 1. The second kappa shape index (κ2) is 8.83. The van der Waals surface area contributed by atoms with Crippen LogP contribution in [0.2, 0.25) is 0 Å². The molecular weight excluding hydrogens is 378 g/mol. The summed E-state index contributed by atoms with van der Waals surface area (Å²) in [7, 11) is 0. The molecule has 2 N–H and O–H groups in total. The van der Waals surface area contributed by atoms with Gasteiger partial charge in [-0.2, -0.15) is 5.10 Å². The van der Waals surface area contributed by atoms with Crippen molar-refractivity contribution in [3.8, 4) is 0 Å². The largest absolute Gasteiger partial charge is 0.337 e. The van der Waals surface area contributed by atoms with Crippen molar-refractivity contribution in [2.24, 2.45) is 5.10 Å². The molecule has 0 saturated carbocycles. The number of amides is 2. The fraction of sp³-hybridized carbons (Fsp3) is 0.0435. The smallest absolute Gasteiger partial charge is 0.271 e. The van der Waals surface area contributed by atoms with Gasteiger partial charge in [-0.25, -0.2) is 5.43 Å². The van der Waals surface area contributed by atoms with Gasteiger partial charge in [0.05, 0.1) is 6.21 Å². The Labute approximate surface area is 173 Å². The quantitative estimate of drug-likeness (QED) is 0.386. The number of anilines is 1. The van der Waals surface area contributed by atoms with Crippen molar-refractivity contribution in [1.82, 2.24) is 15.0 Å². The molecule has 2 aromatic carbocycles. The first-order valence-corrected chi connectivity index (χ1v) is 9.37. The van der Waals surface area contributed by atoms with E-state index in [-0.39, 0.29) is 18.4 Å². The van der Waals surface area contributed by atoms with Crippen LogP contribution in [0.15, 0.2) is 90.4 Å². The molecule has 0 fully saturated rings. The lowest BCUT2D eigenvalue weighted by Crippen LogP contribution is -2.18. The minimum atomic E-state index is -0.320. The van der Waals surface area contributed by atoms with Gasteiger partial charge in [0.1, 0.15) is 6.54 Å². The van der Waals surface area contributed by atoms with Crippen LogP contribution in [0.4, 0.5) is 5.69 Å². The van der Waals surface area contributed by atoms with E-state index < -0.39 is 0 Å². The standard InChI is InChI=1S/C23H19N5O2/c29-22(26-19-6-2-1-3-7-19)16-28-15-18(20-8-4-5-9-21(20)28)14-25-27-23(30)17-10-12-24-13-11-17/h1-15H,16H2,(H,26,29)(H,27,30)/b25-14+. The van der Waals surface area contributed by atoms with Gasteiger partial charge in [-0.05, 0) is 30.3 Å². The van der Waals surface area contributed by atoms with Crippen molar-refractivity contribution in [3.63, 3.8) is 0 Å². The van der Waals surface area contributed by atoms with Gasteiger partial charge in [-0.15, -0.1) is 0 Å². The third kappa shape index (κ3) is 4.41. The molecule has 7 heteroatoms. The number of pyridine rings is 1. The molecule has 4 aromatic rings. The maximum absolute atomic E-state index is 12.5. The molecule has 4 rings (SSSR count). The second-order valence-electron chi connectivity index (χ2n) is 6.58. The molecule has 0 aliphatic rings. The summed E-state index contributed by atoms with van der Waals surface area (Å²) in [6.45, 7) is 0.159. The number of benzene rings is 2. The van der Waals surface area contributed by atoms with Crippen LogP contribution in [0.3, 0.4) is 0 Å². The fourth-order valence-corrected chi connectivity index (χ4v) is 3.11. The van der Waals surface area contributed by atoms with E-state index in [4.69, 9.17) is 0 Å². The second-order valence-corrected chi connectivity index (χ2v) is 6.58. The Balaban J connectivity index is 1.50. The molecule has 2 amide bonds. The van der Waals surface area contributed by atoms with Crippen LogP contribution in [0.5, 0.6) is 0 Å². The third-order valence-corrected chi connectivity index (χ3v) is 4.50. The molecular formula is C23H19N5O2. The van der Waals surface area contributed by atoms with Gasteiger partial charge in [-0.1, -0.05) is 36.4 Å². The monoisotopic (exact) mass is 397 g/mol. The molecule has 0 bridgehead atoms. The highest BCUT2D eigenvalue weighted by Gasteiger charge is 2.10. The molecule has 30 heavy (non-hydrogen) atoms. The molecule has 2 aromatic heterocycles. The lowest BCUT2D eigenvalue weighted by molar-refractivity contribution is -0.116. The molecule has 0 unspecified atom stereocenters. The van der Waals surface area contributed by atoms with Crippen molar-refractivity contribution in [3.05, 3.63) is 96.4 Å². The summed E-state index contributed by atoms with van der Waals surface area (Å²) < 4.78 is 1.86. The van der Waals surface area contributed by atoms with E-state index in [1.807, 2.05) is 65.4 Å². The van der Waals surface area contributed by atoms with Crippen LogP contribution < -0.4 is 10.7 Å². The number of nitrogens with zero attached hydrogens (tertiary/aromatic N) is 3. The highest BCUT2D eigenvalue weighted by atomic mass is 16.2. The van der Waals surface area contributed by atoms with E-state index in [0.717, 1.165) is 22.2 Å². The summed E-state index contributed by atoms with van der Waals surface area (Å²) in [5.41, 5.74) is 5.44. The molecule has 0 radical (unpaired) electrons. The van der Waals surface area contributed by atoms with E-state index in [9.17, 15) is 9.59 Å². The van der Waals surface area contributed by atoms with Crippen molar-refractivity contribution < 1.29 is 9.59 Å². The molecule has 0 aliphatic heterocycles. The Morgan fingerprint density at radius 1 is 0.967 bits per heavy atom. The predicted molar refractivity (Wildman–Crippen MR) is 116 cm³/mol. The topological polar surface area (TPSA) is 88.4 Å². The number of rotatable bonds is 6. The Morgan fingerprint density at radius 3 is 2.50 bits per heavy atom. The van der Waals surface area contributed by atoms with Gasteiger partial charge in [0.25, 0.3) is 5.91 Å². The lowest BCUT2D eigenvalue weighted by atomic mass is 10.2. The van der Waals surface area contributed by atoms with Crippen molar-refractivity contribution in [1.29, 1.82) is 0 Å². The molecule has 0 saturated heterocycles. The summed E-state index contributed by atoms with van der Waals surface area (Å²) in [5, 5.41) is 7.89. The normalized spacial score (nSPS) is 10.9. The fourth-order valence-electron chi connectivity index (χ4n) is 3.11. The summed E-state index contributed by atoms with van der Waals surface area (Å²) in [6, 6.07) is 20.3. The van der Waals surface area contributed by atoms with Crippen LogP contribution in [-0.4, -0.2) is 27.6 Å². The molecule has 7 nitrogen and oxygen atoms in total. The first kappa shape index (κ1) is 19.1. The number of carbonyl (C=O) groups is 2. The van der Waals surface area contributed by atoms with E-state index in [1.165, 1.54) is 0 Å². The zero-order chi connectivity index (χ0) is 20.8. The Kier molecular flexibility index (Phi) is 5.61. The minimum Gasteiger partial charge on any atom is -0.337 e. The van der Waals surface area contributed by atoms with Crippen LogP contribution >= 0.6 is 0 Å². The number of para-hydroxylation sites is 2. The number of hydrogen-bond donors (Lipinski definition) is 2. The SMILES string of the molecule is O=C(Cn1cc(/C=N/NC(=O)c2ccncc2)c2ccccc21)Nc1ccccc1. The molecule has 0 aliphatic carbocycles. The first-order chi connectivity index (χ1) is 14.7. The van der Waals surface area contributed by atoms with Gasteiger partial charge < -0.3 is 9.88 Å². The predicted octanol–water partition coefficient (Wildman–Crippen LogP) is 3.44. The average Bonchev–Trinajstić information content (AvgIpc) is 3.12. The van der Waals surface area contributed by atoms with E-state index in [0.29, 0.717) is 5.56 Å². The van der Waals surface area contributed by atoms with Gasteiger partial charge in [0.15, 0.2) is 0 Å². The number of carbonyl (C=O) groups excluding carboxylic acids is 2. The highest BCUT2D eigenvalue weighted by molar-refractivity contribution is 6.01. The summed E-state index contributed by atoms with van der Waals surface area (Å²) in [5.74, 6) is -0.448. The number of nitrogens with one attached hydrogen (secondary N) is 2. The van der Waals surface area contributed by atoms with E-state index >= 15 is 0 Å². The number of aromatic nitrogens is 2. The van der Waals surface area contributed by atoms with Crippen LogP contribution in [0.25, 0.3) is 10.9 Å². The molecule has 0 atom stereocenters. The maximum Gasteiger partial charge on any atom is 0.271 e. The first-order valence-electron chi connectivity index (χ1n) is 9.37. The van der Waals surface area contributed by atoms with Gasteiger partial charge in [0.2, 0.25) is 5.91 Å². The van der Waals surface area contributed by atoms with Crippen LogP contribution in [0.1, 0.15) is 15.9 Å². The van der Waals surface area contributed by atoms with Gasteiger partial charge in [0, 0.05) is 46.3 Å². The maximum atomic E-state index is 12.5. The van der Waals surface area contributed by atoms with E-state index in [1.54, 1.807) is 30.7 Å². The summed E-state index contributed by atoms with van der Waals surface area (Å²) >= 11 is 0. The van der Waals surface area contributed by atoms with Crippen LogP contribution in [0, 0.1) is 0 Å². The Bertz CT molecular complexity index is 1200.